The minimum Gasteiger partial charge on any atom is -0.491 e. The van der Waals surface area contributed by atoms with Crippen molar-refractivity contribution in [3.05, 3.63) is 51.2 Å². The summed E-state index contributed by atoms with van der Waals surface area (Å²) in [7, 11) is 1.56. The average molecular weight is 400 g/mol. The molecule has 0 bridgehead atoms. The van der Waals surface area contributed by atoms with Crippen LogP contribution in [0, 0.1) is 0 Å². The van der Waals surface area contributed by atoms with Crippen LogP contribution in [0.25, 0.3) is 11.2 Å². The van der Waals surface area contributed by atoms with Crippen molar-refractivity contribution in [2.75, 3.05) is 37.7 Å². The van der Waals surface area contributed by atoms with Gasteiger partial charge in [0.2, 0.25) is 5.95 Å². The summed E-state index contributed by atoms with van der Waals surface area (Å²) < 4.78 is 8.63. The number of aliphatic hydroxyl groups excluding tert-OH is 1. The van der Waals surface area contributed by atoms with E-state index in [0.29, 0.717) is 30.4 Å². The first-order chi connectivity index (χ1) is 14.0. The van der Waals surface area contributed by atoms with Gasteiger partial charge in [-0.25, -0.2) is 4.79 Å². The molecule has 3 heterocycles. The van der Waals surface area contributed by atoms with Gasteiger partial charge < -0.3 is 24.6 Å². The fourth-order valence-electron chi connectivity index (χ4n) is 3.47. The molecule has 0 unspecified atom stereocenters. The second kappa shape index (κ2) is 8.10. The summed E-state index contributed by atoms with van der Waals surface area (Å²) in [6, 6.07) is 9.22. The van der Waals surface area contributed by atoms with Crippen molar-refractivity contribution in [2.24, 2.45) is 7.05 Å². The van der Waals surface area contributed by atoms with Crippen LogP contribution in [0.1, 0.15) is 0 Å². The van der Waals surface area contributed by atoms with Crippen LogP contribution in [-0.2, 0) is 13.6 Å². The van der Waals surface area contributed by atoms with Gasteiger partial charge in [0.15, 0.2) is 11.2 Å². The van der Waals surface area contributed by atoms with E-state index in [-0.39, 0.29) is 18.7 Å². The Morgan fingerprint density at radius 1 is 1.21 bits per heavy atom. The smallest absolute Gasteiger partial charge is 0.329 e. The van der Waals surface area contributed by atoms with E-state index in [1.54, 1.807) is 11.6 Å². The molecule has 4 rings (SSSR count). The maximum atomic E-state index is 12.6. The number of aromatic nitrogens is 4. The van der Waals surface area contributed by atoms with E-state index < -0.39 is 17.4 Å². The van der Waals surface area contributed by atoms with E-state index in [2.05, 4.69) is 15.3 Å². The molecule has 0 amide bonds. The van der Waals surface area contributed by atoms with Crippen LogP contribution >= 0.6 is 0 Å². The lowest BCUT2D eigenvalue weighted by Gasteiger charge is -2.29. The van der Waals surface area contributed by atoms with E-state index in [0.717, 1.165) is 13.1 Å². The van der Waals surface area contributed by atoms with Crippen molar-refractivity contribution in [2.45, 2.75) is 12.6 Å². The van der Waals surface area contributed by atoms with E-state index in [1.165, 1.54) is 4.57 Å². The van der Waals surface area contributed by atoms with Gasteiger partial charge in [0, 0.05) is 33.2 Å². The number of hydrogen-bond acceptors (Lipinski definition) is 7. The van der Waals surface area contributed by atoms with Gasteiger partial charge in [0.25, 0.3) is 5.56 Å². The number of benzene rings is 1. The summed E-state index contributed by atoms with van der Waals surface area (Å²) in [6.07, 6.45) is -0.870. The number of nitrogens with zero attached hydrogens (tertiary/aromatic N) is 4. The van der Waals surface area contributed by atoms with Crippen LogP contribution < -0.4 is 26.2 Å². The lowest BCUT2D eigenvalue weighted by Crippen LogP contribution is -2.45. The van der Waals surface area contributed by atoms with Crippen molar-refractivity contribution in [1.82, 2.24) is 24.4 Å². The summed E-state index contributed by atoms with van der Waals surface area (Å²) in [4.78, 5) is 33.5. The van der Waals surface area contributed by atoms with Gasteiger partial charge >= 0.3 is 5.69 Å². The lowest BCUT2D eigenvalue weighted by atomic mass is 10.3. The first kappa shape index (κ1) is 19.2. The van der Waals surface area contributed by atoms with Gasteiger partial charge in [0.05, 0.1) is 6.54 Å². The Hall–Kier alpha value is -3.11. The highest BCUT2D eigenvalue weighted by Gasteiger charge is 2.24. The Kier molecular flexibility index (Phi) is 5.36. The average Bonchev–Trinajstić information content (AvgIpc) is 3.12. The molecule has 1 atom stereocenters. The number of hydrogen-bond donors (Lipinski definition) is 3. The Balaban J connectivity index is 1.68. The highest BCUT2D eigenvalue weighted by atomic mass is 16.5. The van der Waals surface area contributed by atoms with Crippen molar-refractivity contribution >= 4 is 17.1 Å². The molecule has 29 heavy (non-hydrogen) atoms. The topological polar surface area (TPSA) is 117 Å². The zero-order chi connectivity index (χ0) is 20.4. The van der Waals surface area contributed by atoms with E-state index in [1.807, 2.05) is 35.2 Å². The minimum atomic E-state index is -0.870. The molecule has 3 aromatic rings. The zero-order valence-corrected chi connectivity index (χ0v) is 16.2. The molecule has 0 spiro atoms. The molecular formula is C19H24N6O4. The standard InChI is InChI=1S/C19H24N6O4/c1-23-16-15(17(27)22-19(23)28)25(18(21-16)24-9-7-20-8-10-24)11-13(26)12-29-14-5-3-2-4-6-14/h2-6,13,20,26H,7-12H2,1H3,(H,22,27,28)/t13-/m1/s1. The Bertz CT molecular complexity index is 1100. The fourth-order valence-corrected chi connectivity index (χ4v) is 3.47. The molecule has 10 nitrogen and oxygen atoms in total. The first-order valence-electron chi connectivity index (χ1n) is 9.55. The molecule has 1 aromatic carbocycles. The Morgan fingerprint density at radius 3 is 2.66 bits per heavy atom. The third kappa shape index (κ3) is 3.89. The minimum absolute atomic E-state index is 0.0638. The highest BCUT2D eigenvalue weighted by Crippen LogP contribution is 2.20. The molecule has 1 fully saturated rings. The predicted octanol–water partition coefficient (Wildman–Crippen LogP) is -0.727. The number of imidazole rings is 1. The molecule has 154 valence electrons. The number of fused-ring (bicyclic) bond motifs is 1. The van der Waals surface area contributed by atoms with Crippen molar-refractivity contribution in [3.63, 3.8) is 0 Å². The normalized spacial score (nSPS) is 15.6. The predicted molar refractivity (Wildman–Crippen MR) is 109 cm³/mol. The maximum Gasteiger partial charge on any atom is 0.329 e. The molecular weight excluding hydrogens is 376 g/mol. The summed E-state index contributed by atoms with van der Waals surface area (Å²) in [5.41, 5.74) is -0.483. The number of aryl methyl sites for hydroxylation is 1. The number of aliphatic hydroxyl groups is 1. The molecule has 10 heteroatoms. The van der Waals surface area contributed by atoms with Gasteiger partial charge in [-0.05, 0) is 12.1 Å². The van der Waals surface area contributed by atoms with Gasteiger partial charge in [-0.2, -0.15) is 4.98 Å². The van der Waals surface area contributed by atoms with E-state index >= 15 is 0 Å². The summed E-state index contributed by atoms with van der Waals surface area (Å²) in [5, 5.41) is 13.9. The number of rotatable bonds is 6. The zero-order valence-electron chi connectivity index (χ0n) is 16.2. The SMILES string of the molecule is Cn1c(=O)[nH]c(=O)c2c1nc(N1CCNCC1)n2C[C@@H](O)COc1ccccc1. The number of ether oxygens (including phenoxy) is 1. The number of para-hydroxylation sites is 1. The number of anilines is 1. The maximum absolute atomic E-state index is 12.6. The van der Waals surface area contributed by atoms with Gasteiger partial charge in [0.1, 0.15) is 18.5 Å². The summed E-state index contributed by atoms with van der Waals surface area (Å²) >= 11 is 0. The molecule has 3 N–H and O–H groups in total. The summed E-state index contributed by atoms with van der Waals surface area (Å²) in [5.74, 6) is 1.22. The monoisotopic (exact) mass is 400 g/mol. The van der Waals surface area contributed by atoms with Crippen LogP contribution in [0.5, 0.6) is 5.75 Å². The lowest BCUT2D eigenvalue weighted by molar-refractivity contribution is 0.0936. The number of nitrogens with one attached hydrogen (secondary N) is 2. The van der Waals surface area contributed by atoms with E-state index in [4.69, 9.17) is 4.74 Å². The second-order valence-electron chi connectivity index (χ2n) is 7.03. The Morgan fingerprint density at radius 2 is 1.93 bits per heavy atom. The molecule has 0 saturated carbocycles. The number of aromatic amines is 1. The molecule has 0 radical (unpaired) electrons. The van der Waals surface area contributed by atoms with Crippen molar-refractivity contribution in [1.29, 1.82) is 0 Å². The van der Waals surface area contributed by atoms with E-state index in [9.17, 15) is 14.7 Å². The van der Waals surface area contributed by atoms with Crippen molar-refractivity contribution in [3.8, 4) is 5.75 Å². The quantitative estimate of drug-likeness (QED) is 0.500. The van der Waals surface area contributed by atoms with Crippen LogP contribution in [0.2, 0.25) is 0 Å². The fraction of sp³-hybridized carbons (Fsp3) is 0.421. The second-order valence-corrected chi connectivity index (χ2v) is 7.03. The Labute approximate surface area is 166 Å². The van der Waals surface area contributed by atoms with Crippen LogP contribution in [0.3, 0.4) is 0 Å². The van der Waals surface area contributed by atoms with Crippen molar-refractivity contribution < 1.29 is 9.84 Å². The first-order valence-corrected chi connectivity index (χ1v) is 9.55. The van der Waals surface area contributed by atoms with Gasteiger partial charge in [-0.3, -0.25) is 14.3 Å². The summed E-state index contributed by atoms with van der Waals surface area (Å²) in [6.45, 7) is 3.19. The molecule has 0 aliphatic carbocycles. The third-order valence-electron chi connectivity index (χ3n) is 4.97. The molecule has 1 saturated heterocycles. The third-order valence-corrected chi connectivity index (χ3v) is 4.97. The van der Waals surface area contributed by atoms with Crippen LogP contribution in [0.4, 0.5) is 5.95 Å². The van der Waals surface area contributed by atoms with Gasteiger partial charge in [-0.15, -0.1) is 0 Å². The number of piperazine rings is 1. The van der Waals surface area contributed by atoms with Gasteiger partial charge in [-0.1, -0.05) is 18.2 Å². The molecule has 1 aliphatic rings. The highest BCUT2D eigenvalue weighted by molar-refractivity contribution is 5.74. The van der Waals surface area contributed by atoms with Crippen LogP contribution in [-0.4, -0.2) is 63.1 Å². The largest absolute Gasteiger partial charge is 0.491 e. The van der Waals surface area contributed by atoms with Crippen LogP contribution in [0.15, 0.2) is 39.9 Å². The molecule has 1 aliphatic heterocycles. The molecule has 2 aromatic heterocycles. The number of H-pyrrole nitrogens is 1.